The second-order valence-corrected chi connectivity index (χ2v) is 15.4. The van der Waals surface area contributed by atoms with Crippen LogP contribution in [0.25, 0.3) is 0 Å². The van der Waals surface area contributed by atoms with Crippen molar-refractivity contribution < 1.29 is 47.7 Å². The lowest BCUT2D eigenvalue weighted by Crippen LogP contribution is -2.46. The number of nitrogens with one attached hydrogen (secondary N) is 1. The molecule has 0 saturated carbocycles. The zero-order valence-corrected chi connectivity index (χ0v) is 27.6. The average Bonchev–Trinajstić information content (AvgIpc) is 3.31. The molecule has 1 N–H and O–H groups in total. The summed E-state index contributed by atoms with van der Waals surface area (Å²) in [5, 5.41) is 2.70. The molecule has 5 unspecified atom stereocenters. The van der Waals surface area contributed by atoms with Crippen molar-refractivity contribution in [1.29, 1.82) is 0 Å². The molecule has 0 aromatic carbocycles. The molecule has 2 aliphatic heterocycles. The molecule has 5 atom stereocenters. The first kappa shape index (κ1) is 35.9. The molecule has 1 fully saturated rings. The monoisotopic (exact) mass is 659 g/mol. The molecule has 11 nitrogen and oxygen atoms in total. The van der Waals surface area contributed by atoms with Gasteiger partial charge in [-0.15, -0.1) is 0 Å². The number of fused-ring (bicyclic) bond motifs is 2. The highest BCUT2D eigenvalue weighted by Gasteiger charge is 2.62. The molecule has 2 bridgehead atoms. The van der Waals surface area contributed by atoms with Crippen LogP contribution in [0.15, 0.2) is 12.2 Å². The molecule has 1 amide bonds. The van der Waals surface area contributed by atoms with Crippen molar-refractivity contribution in [2.45, 2.75) is 83.8 Å². The van der Waals surface area contributed by atoms with E-state index in [9.17, 15) is 24.0 Å². The van der Waals surface area contributed by atoms with Gasteiger partial charge in [-0.1, -0.05) is 28.1 Å². The smallest absolute Gasteiger partial charge is 0.317 e. The fourth-order valence-corrected chi connectivity index (χ4v) is 4.88. The van der Waals surface area contributed by atoms with E-state index in [1.807, 2.05) is 19.9 Å². The molecule has 2 aliphatic rings. The van der Waals surface area contributed by atoms with Gasteiger partial charge in [-0.05, 0) is 55.4 Å². The molecule has 1 saturated heterocycles. The van der Waals surface area contributed by atoms with Gasteiger partial charge in [0.15, 0.2) is 0 Å². The number of rotatable bonds is 16. The van der Waals surface area contributed by atoms with Crippen LogP contribution in [0.5, 0.6) is 0 Å². The molecule has 0 spiro atoms. The third-order valence-electron chi connectivity index (χ3n) is 7.16. The standard InChI is InChI=1S/C30H46BrNO10/c1-26(2,3)24(36)41-19-28(6,18-38-17-27(4,5)31)25(37)40-15-9-14-39-21(34)10-13-32-23(35)22-20(16-33)29(7)11-12-30(22,8)42-29/h11-12,16,20,22H,9-10,13-15,17-19H2,1-8H3,(H,32,35). The SMILES string of the molecule is CC(C)(Br)COCC(C)(COC(=O)C(C)(C)C)C(=O)OCCCOC(=O)CCNC(=O)C1C(C=O)C2(C)C=CC1(C)O2. The first-order valence-corrected chi connectivity index (χ1v) is 15.0. The fraction of sp³-hybridized carbons (Fsp3) is 0.767. The number of aldehydes is 1. The Morgan fingerprint density at radius 1 is 0.905 bits per heavy atom. The van der Waals surface area contributed by atoms with Crippen molar-refractivity contribution in [3.8, 4) is 0 Å². The second kappa shape index (κ2) is 14.0. The molecule has 0 aromatic rings. The van der Waals surface area contributed by atoms with Crippen LogP contribution in [0.1, 0.15) is 68.2 Å². The summed E-state index contributed by atoms with van der Waals surface area (Å²) in [5.74, 6) is -3.23. The number of carbonyl (C=O) groups is 5. The van der Waals surface area contributed by atoms with E-state index < -0.39 is 51.8 Å². The highest BCUT2D eigenvalue weighted by Crippen LogP contribution is 2.52. The molecular formula is C30H46BrNO10. The van der Waals surface area contributed by atoms with Crippen molar-refractivity contribution >= 4 is 46.0 Å². The van der Waals surface area contributed by atoms with E-state index in [0.717, 1.165) is 6.29 Å². The van der Waals surface area contributed by atoms with E-state index in [2.05, 4.69) is 21.2 Å². The molecule has 0 aromatic heterocycles. The van der Waals surface area contributed by atoms with Crippen molar-refractivity contribution in [3.63, 3.8) is 0 Å². The Kier molecular flexibility index (Phi) is 11.9. The van der Waals surface area contributed by atoms with E-state index >= 15 is 0 Å². The Balaban J connectivity index is 1.74. The Morgan fingerprint density at radius 2 is 1.52 bits per heavy atom. The summed E-state index contributed by atoms with van der Waals surface area (Å²) in [6.07, 6.45) is 4.55. The van der Waals surface area contributed by atoms with E-state index in [1.165, 1.54) is 0 Å². The predicted octanol–water partition coefficient (Wildman–Crippen LogP) is 3.30. The van der Waals surface area contributed by atoms with Crippen molar-refractivity contribution in [1.82, 2.24) is 5.32 Å². The number of alkyl halides is 1. The summed E-state index contributed by atoms with van der Waals surface area (Å²) in [6.45, 7) is 14.3. The third-order valence-corrected chi connectivity index (χ3v) is 7.39. The van der Waals surface area contributed by atoms with Crippen LogP contribution in [0.3, 0.4) is 0 Å². The number of ether oxygens (including phenoxy) is 5. The molecule has 0 radical (unpaired) electrons. The normalized spacial score (nSPS) is 26.3. The molecule has 42 heavy (non-hydrogen) atoms. The minimum Gasteiger partial charge on any atom is -0.465 e. The van der Waals surface area contributed by atoms with Crippen molar-refractivity contribution in [3.05, 3.63) is 12.2 Å². The Labute approximate surface area is 256 Å². The van der Waals surface area contributed by atoms with Gasteiger partial charge >= 0.3 is 17.9 Å². The number of halogens is 1. The average molecular weight is 661 g/mol. The first-order chi connectivity index (χ1) is 19.3. The lowest BCUT2D eigenvalue weighted by atomic mass is 9.72. The van der Waals surface area contributed by atoms with Gasteiger partial charge in [0.25, 0.3) is 0 Å². The van der Waals surface area contributed by atoms with E-state index in [-0.39, 0.29) is 56.0 Å². The Morgan fingerprint density at radius 3 is 2.12 bits per heavy atom. The van der Waals surface area contributed by atoms with Crippen LogP contribution in [0.2, 0.25) is 0 Å². The highest BCUT2D eigenvalue weighted by atomic mass is 79.9. The van der Waals surface area contributed by atoms with Crippen molar-refractivity contribution in [2.24, 2.45) is 22.7 Å². The van der Waals surface area contributed by atoms with E-state index in [4.69, 9.17) is 23.7 Å². The summed E-state index contributed by atoms with van der Waals surface area (Å²) >= 11 is 3.49. The van der Waals surface area contributed by atoms with Gasteiger partial charge < -0.3 is 33.8 Å². The number of amides is 1. The maximum absolute atomic E-state index is 12.9. The fourth-order valence-electron chi connectivity index (χ4n) is 4.72. The topological polar surface area (TPSA) is 144 Å². The first-order valence-electron chi connectivity index (χ1n) is 14.2. The zero-order valence-electron chi connectivity index (χ0n) is 26.0. The number of carbonyl (C=O) groups excluding carboxylic acids is 5. The van der Waals surface area contributed by atoms with E-state index in [1.54, 1.807) is 47.6 Å². The quantitative estimate of drug-likeness (QED) is 0.0654. The van der Waals surface area contributed by atoms with Gasteiger partial charge in [0.05, 0.1) is 61.3 Å². The van der Waals surface area contributed by atoms with Gasteiger partial charge in [0.2, 0.25) is 5.91 Å². The zero-order chi connectivity index (χ0) is 32.0. The summed E-state index contributed by atoms with van der Waals surface area (Å²) in [5.41, 5.74) is -3.65. The highest BCUT2D eigenvalue weighted by molar-refractivity contribution is 9.10. The van der Waals surface area contributed by atoms with E-state index in [0.29, 0.717) is 6.61 Å². The van der Waals surface area contributed by atoms with Gasteiger partial charge in [-0.3, -0.25) is 19.2 Å². The number of esters is 3. The minimum absolute atomic E-state index is 0.00889. The number of hydrogen-bond acceptors (Lipinski definition) is 10. The molecule has 238 valence electrons. The summed E-state index contributed by atoms with van der Waals surface area (Å²) in [6, 6.07) is 0. The van der Waals surface area contributed by atoms with Crippen LogP contribution in [-0.2, 0) is 47.7 Å². The van der Waals surface area contributed by atoms with Crippen LogP contribution < -0.4 is 5.32 Å². The van der Waals surface area contributed by atoms with Gasteiger partial charge in [-0.25, -0.2) is 0 Å². The van der Waals surface area contributed by atoms with Crippen LogP contribution in [0.4, 0.5) is 0 Å². The Bertz CT molecular complexity index is 1050. The lowest BCUT2D eigenvalue weighted by Gasteiger charge is -2.29. The van der Waals surface area contributed by atoms with Gasteiger partial charge in [0.1, 0.15) is 18.3 Å². The molecule has 2 heterocycles. The maximum Gasteiger partial charge on any atom is 0.317 e. The summed E-state index contributed by atoms with van der Waals surface area (Å²) < 4.78 is 27.3. The predicted molar refractivity (Wildman–Crippen MR) is 157 cm³/mol. The maximum atomic E-state index is 12.9. The molecule has 12 heteroatoms. The summed E-state index contributed by atoms with van der Waals surface area (Å²) in [4.78, 5) is 61.8. The lowest BCUT2D eigenvalue weighted by molar-refractivity contribution is -0.171. The Hall–Kier alpha value is -2.31. The van der Waals surface area contributed by atoms with Gasteiger partial charge in [-0.2, -0.15) is 0 Å². The largest absolute Gasteiger partial charge is 0.465 e. The third kappa shape index (κ3) is 9.60. The summed E-state index contributed by atoms with van der Waals surface area (Å²) in [7, 11) is 0. The molecular weight excluding hydrogens is 614 g/mol. The molecule has 2 rings (SSSR count). The minimum atomic E-state index is -1.23. The van der Waals surface area contributed by atoms with Crippen LogP contribution in [-0.4, -0.2) is 85.2 Å². The number of hydrogen-bond donors (Lipinski definition) is 1. The van der Waals surface area contributed by atoms with Gasteiger partial charge in [0, 0.05) is 17.3 Å². The van der Waals surface area contributed by atoms with Crippen LogP contribution >= 0.6 is 15.9 Å². The van der Waals surface area contributed by atoms with Crippen molar-refractivity contribution in [2.75, 3.05) is 39.6 Å². The second-order valence-electron chi connectivity index (χ2n) is 13.3. The van der Waals surface area contributed by atoms with Crippen LogP contribution in [0, 0.1) is 22.7 Å². The molecule has 0 aliphatic carbocycles.